The highest BCUT2D eigenvalue weighted by Gasteiger charge is 2.51. The van der Waals surface area contributed by atoms with E-state index in [4.69, 9.17) is 15.0 Å². The van der Waals surface area contributed by atoms with Crippen molar-refractivity contribution in [2.24, 2.45) is 0 Å². The molecule has 1 aromatic rings. The van der Waals surface area contributed by atoms with E-state index in [-0.39, 0.29) is 11.4 Å². The average molecular weight is 285 g/mol. The summed E-state index contributed by atoms with van der Waals surface area (Å²) in [7, 11) is -0.581. The molecular weight excluding hydrogens is 267 g/mol. The monoisotopic (exact) mass is 285 g/mol. The minimum absolute atomic E-state index is 0.0553. The summed E-state index contributed by atoms with van der Waals surface area (Å²) in [4.78, 5) is 0. The lowest BCUT2D eigenvalue weighted by atomic mass is 9.79. The number of rotatable bonds is 3. The van der Waals surface area contributed by atoms with E-state index in [0.29, 0.717) is 5.46 Å². The predicted octanol–water partition coefficient (Wildman–Crippen LogP) is 2.17. The lowest BCUT2D eigenvalue weighted by Crippen LogP contribution is -2.41. The number of hydrogen-bond donors (Lipinski definition) is 1. The number of halogens is 2. The van der Waals surface area contributed by atoms with Crippen LogP contribution < -0.4 is 15.9 Å². The van der Waals surface area contributed by atoms with Crippen LogP contribution in [0.5, 0.6) is 5.75 Å². The van der Waals surface area contributed by atoms with E-state index in [0.717, 1.165) is 0 Å². The number of anilines is 1. The van der Waals surface area contributed by atoms with E-state index in [1.807, 2.05) is 27.7 Å². The molecule has 20 heavy (non-hydrogen) atoms. The minimum Gasteiger partial charge on any atom is -0.433 e. The first-order chi connectivity index (χ1) is 9.12. The van der Waals surface area contributed by atoms with Crippen LogP contribution in [0.25, 0.3) is 0 Å². The number of alkyl halides is 2. The molecule has 7 heteroatoms. The summed E-state index contributed by atoms with van der Waals surface area (Å²) in [6, 6.07) is 4.53. The standard InChI is InChI=1S/C13H18BF2NO3/c1-12(2)13(3,4)20-14(19-12)8-5-6-10(9(17)7-8)18-11(15)16/h5-7,11H,17H2,1-4H3. The first-order valence-corrected chi connectivity index (χ1v) is 6.32. The highest BCUT2D eigenvalue weighted by atomic mass is 19.3. The summed E-state index contributed by atoms with van der Waals surface area (Å²) in [6.45, 7) is 4.84. The second-order valence-corrected chi connectivity index (χ2v) is 5.76. The molecule has 1 fully saturated rings. The van der Waals surface area contributed by atoms with Crippen LogP contribution in [0.4, 0.5) is 14.5 Å². The molecule has 1 aliphatic rings. The largest absolute Gasteiger partial charge is 0.494 e. The lowest BCUT2D eigenvalue weighted by Gasteiger charge is -2.32. The molecule has 0 aliphatic carbocycles. The Morgan fingerprint density at radius 3 is 2.15 bits per heavy atom. The van der Waals surface area contributed by atoms with Gasteiger partial charge in [0.2, 0.25) is 0 Å². The van der Waals surface area contributed by atoms with Crippen molar-refractivity contribution in [1.82, 2.24) is 0 Å². The van der Waals surface area contributed by atoms with Crippen molar-refractivity contribution in [2.75, 3.05) is 5.73 Å². The summed E-state index contributed by atoms with van der Waals surface area (Å²) < 4.78 is 40.4. The summed E-state index contributed by atoms with van der Waals surface area (Å²) >= 11 is 0. The van der Waals surface area contributed by atoms with Gasteiger partial charge in [-0.25, -0.2) is 0 Å². The molecule has 0 bridgehead atoms. The van der Waals surface area contributed by atoms with Gasteiger partial charge in [-0.3, -0.25) is 0 Å². The zero-order valence-electron chi connectivity index (χ0n) is 11.9. The van der Waals surface area contributed by atoms with Crippen LogP contribution in [0.1, 0.15) is 27.7 Å². The third-order valence-electron chi connectivity index (χ3n) is 3.78. The number of nitrogen functional groups attached to an aromatic ring is 1. The van der Waals surface area contributed by atoms with E-state index in [9.17, 15) is 8.78 Å². The molecule has 0 atom stereocenters. The van der Waals surface area contributed by atoms with E-state index < -0.39 is 24.9 Å². The van der Waals surface area contributed by atoms with Crippen molar-refractivity contribution in [1.29, 1.82) is 0 Å². The van der Waals surface area contributed by atoms with Gasteiger partial charge in [-0.2, -0.15) is 8.78 Å². The van der Waals surface area contributed by atoms with E-state index >= 15 is 0 Å². The van der Waals surface area contributed by atoms with Crippen LogP contribution in [0, 0.1) is 0 Å². The molecule has 1 saturated heterocycles. The molecule has 0 unspecified atom stereocenters. The maximum Gasteiger partial charge on any atom is 0.494 e. The Morgan fingerprint density at radius 2 is 1.70 bits per heavy atom. The van der Waals surface area contributed by atoms with E-state index in [2.05, 4.69) is 4.74 Å². The number of hydrogen-bond acceptors (Lipinski definition) is 4. The Morgan fingerprint density at radius 1 is 1.15 bits per heavy atom. The molecule has 0 spiro atoms. The van der Waals surface area contributed by atoms with Gasteiger partial charge in [0.05, 0.1) is 16.9 Å². The summed E-state index contributed by atoms with van der Waals surface area (Å²) in [5.74, 6) is -0.0553. The topological polar surface area (TPSA) is 53.7 Å². The van der Waals surface area contributed by atoms with Crippen LogP contribution >= 0.6 is 0 Å². The van der Waals surface area contributed by atoms with Crippen LogP contribution in [-0.2, 0) is 9.31 Å². The molecule has 4 nitrogen and oxygen atoms in total. The highest BCUT2D eigenvalue weighted by molar-refractivity contribution is 6.62. The molecule has 1 heterocycles. The number of nitrogens with two attached hydrogens (primary N) is 1. The predicted molar refractivity (Wildman–Crippen MR) is 73.2 cm³/mol. The molecule has 2 rings (SSSR count). The molecule has 2 N–H and O–H groups in total. The van der Waals surface area contributed by atoms with Crippen molar-refractivity contribution in [3.05, 3.63) is 18.2 Å². The first kappa shape index (κ1) is 15.1. The minimum atomic E-state index is -2.90. The Balaban J connectivity index is 2.22. The Labute approximate surface area is 117 Å². The third-order valence-corrected chi connectivity index (χ3v) is 3.78. The van der Waals surface area contributed by atoms with Crippen LogP contribution in [0.15, 0.2) is 18.2 Å². The van der Waals surface area contributed by atoms with Crippen molar-refractivity contribution in [3.63, 3.8) is 0 Å². The molecule has 0 radical (unpaired) electrons. The van der Waals surface area contributed by atoms with Crippen LogP contribution in [0.3, 0.4) is 0 Å². The van der Waals surface area contributed by atoms with Gasteiger partial charge < -0.3 is 19.8 Å². The molecule has 0 aromatic heterocycles. The average Bonchev–Trinajstić information content (AvgIpc) is 2.50. The quantitative estimate of drug-likeness (QED) is 0.683. The van der Waals surface area contributed by atoms with Gasteiger partial charge >= 0.3 is 13.7 Å². The zero-order chi connectivity index (χ0) is 15.1. The fourth-order valence-electron chi connectivity index (χ4n) is 1.90. The normalized spacial score (nSPS) is 20.4. The molecule has 0 amide bonds. The van der Waals surface area contributed by atoms with Crippen LogP contribution in [-0.4, -0.2) is 24.9 Å². The maximum atomic E-state index is 12.2. The second-order valence-electron chi connectivity index (χ2n) is 5.76. The fourth-order valence-corrected chi connectivity index (χ4v) is 1.90. The smallest absolute Gasteiger partial charge is 0.433 e. The van der Waals surface area contributed by atoms with Gasteiger partial charge in [-0.1, -0.05) is 6.07 Å². The Kier molecular flexibility index (Phi) is 3.68. The molecule has 1 aliphatic heterocycles. The van der Waals surface area contributed by atoms with Crippen molar-refractivity contribution >= 4 is 18.3 Å². The molecule has 0 saturated carbocycles. The summed E-state index contributed by atoms with van der Waals surface area (Å²) in [5.41, 5.74) is 5.56. The van der Waals surface area contributed by atoms with E-state index in [1.54, 1.807) is 6.07 Å². The number of ether oxygens (including phenoxy) is 1. The third kappa shape index (κ3) is 2.74. The Hall–Kier alpha value is -1.34. The fraction of sp³-hybridized carbons (Fsp3) is 0.538. The second kappa shape index (κ2) is 4.89. The van der Waals surface area contributed by atoms with Gasteiger partial charge in [-0.15, -0.1) is 0 Å². The maximum absolute atomic E-state index is 12.2. The molecule has 110 valence electrons. The van der Waals surface area contributed by atoms with Gasteiger partial charge in [0, 0.05) is 0 Å². The molecule has 1 aromatic carbocycles. The van der Waals surface area contributed by atoms with Crippen molar-refractivity contribution < 1.29 is 22.8 Å². The molecular formula is C13H18BF2NO3. The van der Waals surface area contributed by atoms with E-state index in [1.165, 1.54) is 12.1 Å². The van der Waals surface area contributed by atoms with Gasteiger partial charge in [0.1, 0.15) is 5.75 Å². The number of benzene rings is 1. The van der Waals surface area contributed by atoms with Gasteiger partial charge in [0.25, 0.3) is 0 Å². The first-order valence-electron chi connectivity index (χ1n) is 6.32. The van der Waals surface area contributed by atoms with Crippen molar-refractivity contribution in [2.45, 2.75) is 45.5 Å². The van der Waals surface area contributed by atoms with Crippen molar-refractivity contribution in [3.8, 4) is 5.75 Å². The van der Waals surface area contributed by atoms with Gasteiger partial charge in [0.15, 0.2) is 0 Å². The SMILES string of the molecule is CC1(C)OB(c2ccc(OC(F)F)c(N)c2)OC1(C)C. The van der Waals surface area contributed by atoms with Crippen LogP contribution in [0.2, 0.25) is 0 Å². The zero-order valence-corrected chi connectivity index (χ0v) is 11.9. The lowest BCUT2D eigenvalue weighted by molar-refractivity contribution is -0.0493. The Bertz CT molecular complexity index is 492. The summed E-state index contributed by atoms with van der Waals surface area (Å²) in [6.07, 6.45) is 0. The summed E-state index contributed by atoms with van der Waals surface area (Å²) in [5, 5.41) is 0. The highest BCUT2D eigenvalue weighted by Crippen LogP contribution is 2.36. The van der Waals surface area contributed by atoms with Gasteiger partial charge in [-0.05, 0) is 45.3 Å².